The minimum absolute atomic E-state index is 0.258. The summed E-state index contributed by atoms with van der Waals surface area (Å²) in [6.45, 7) is 0. The first-order valence-electron chi connectivity index (χ1n) is 10.4. The normalized spacial score (nSPS) is 13.4. The molecule has 3 aromatic carbocycles. The van der Waals surface area contributed by atoms with Gasteiger partial charge in [0.25, 0.3) is 5.91 Å². The average Bonchev–Trinajstić information content (AvgIpc) is 3.22. The van der Waals surface area contributed by atoms with Gasteiger partial charge in [-0.2, -0.15) is 10.1 Å². The van der Waals surface area contributed by atoms with Gasteiger partial charge >= 0.3 is 0 Å². The van der Waals surface area contributed by atoms with Gasteiger partial charge in [0.2, 0.25) is 5.13 Å². The predicted molar refractivity (Wildman–Crippen MR) is 131 cm³/mol. The van der Waals surface area contributed by atoms with Crippen molar-refractivity contribution in [1.82, 2.24) is 4.98 Å². The third-order valence-corrected chi connectivity index (χ3v) is 7.02. The SMILES string of the molecule is O=C(c1ccc2c(c1)CCCC2)N(/N=C/c1ccc(Br)cc1)c1nc2ccc(F)cc2s1. The van der Waals surface area contributed by atoms with Crippen LogP contribution in [0, 0.1) is 5.82 Å². The quantitative estimate of drug-likeness (QED) is 0.226. The molecule has 0 N–H and O–H groups in total. The summed E-state index contributed by atoms with van der Waals surface area (Å²) >= 11 is 4.67. The van der Waals surface area contributed by atoms with Crippen molar-refractivity contribution in [2.45, 2.75) is 25.7 Å². The van der Waals surface area contributed by atoms with Crippen LogP contribution in [0.5, 0.6) is 0 Å². The number of hydrogen-bond acceptors (Lipinski definition) is 4. The Labute approximate surface area is 197 Å². The topological polar surface area (TPSA) is 45.6 Å². The monoisotopic (exact) mass is 507 g/mol. The van der Waals surface area contributed by atoms with Crippen molar-refractivity contribution in [1.29, 1.82) is 0 Å². The van der Waals surface area contributed by atoms with Gasteiger partial charge in [0.05, 0.1) is 16.4 Å². The summed E-state index contributed by atoms with van der Waals surface area (Å²) in [4.78, 5) is 18.1. The minimum Gasteiger partial charge on any atom is -0.267 e. The Balaban J connectivity index is 1.54. The third-order valence-electron chi connectivity index (χ3n) is 5.50. The van der Waals surface area contributed by atoms with E-state index in [-0.39, 0.29) is 11.7 Å². The average molecular weight is 508 g/mol. The molecule has 32 heavy (non-hydrogen) atoms. The second-order valence-electron chi connectivity index (χ2n) is 7.71. The lowest BCUT2D eigenvalue weighted by Crippen LogP contribution is -2.26. The Hall–Kier alpha value is -2.90. The van der Waals surface area contributed by atoms with Crippen LogP contribution in [0.3, 0.4) is 0 Å². The van der Waals surface area contributed by atoms with Gasteiger partial charge in [0.15, 0.2) is 0 Å². The molecule has 4 aromatic rings. The fourth-order valence-corrected chi connectivity index (χ4v) is 5.04. The molecule has 1 amide bonds. The number of carbonyl (C=O) groups excluding carboxylic acids is 1. The van der Waals surface area contributed by atoms with E-state index < -0.39 is 0 Å². The number of hydrogen-bond donors (Lipinski definition) is 0. The molecule has 5 rings (SSSR count). The van der Waals surface area contributed by atoms with E-state index in [1.807, 2.05) is 42.5 Å². The maximum Gasteiger partial charge on any atom is 0.280 e. The lowest BCUT2D eigenvalue weighted by atomic mass is 9.90. The first-order valence-corrected chi connectivity index (χ1v) is 12.0. The predicted octanol–water partition coefficient (Wildman–Crippen LogP) is 6.76. The van der Waals surface area contributed by atoms with Crippen LogP contribution in [0.15, 0.2) is 70.2 Å². The van der Waals surface area contributed by atoms with E-state index in [0.29, 0.717) is 20.9 Å². The molecule has 1 aliphatic carbocycles. The van der Waals surface area contributed by atoms with E-state index in [0.717, 1.165) is 29.3 Å². The number of halogens is 2. The molecule has 1 heterocycles. The Morgan fingerprint density at radius 2 is 1.81 bits per heavy atom. The Bertz CT molecular complexity index is 1330. The molecule has 0 saturated heterocycles. The van der Waals surface area contributed by atoms with E-state index >= 15 is 0 Å². The zero-order valence-corrected chi connectivity index (χ0v) is 19.5. The molecule has 160 valence electrons. The number of thiazole rings is 1. The second kappa shape index (κ2) is 8.92. The molecular formula is C25H19BrFN3OS. The molecule has 0 spiro atoms. The third kappa shape index (κ3) is 4.36. The highest BCUT2D eigenvalue weighted by Crippen LogP contribution is 2.31. The van der Waals surface area contributed by atoms with Crippen LogP contribution in [0.1, 0.15) is 39.9 Å². The van der Waals surface area contributed by atoms with Crippen LogP contribution < -0.4 is 5.01 Å². The number of rotatable bonds is 4. The molecule has 0 aliphatic heterocycles. The fourth-order valence-electron chi connectivity index (χ4n) is 3.83. The Morgan fingerprint density at radius 3 is 2.62 bits per heavy atom. The van der Waals surface area contributed by atoms with Crippen LogP contribution in [0.4, 0.5) is 9.52 Å². The molecule has 1 aliphatic rings. The minimum atomic E-state index is -0.335. The number of nitrogens with zero attached hydrogens (tertiary/aromatic N) is 3. The number of anilines is 1. The maximum atomic E-state index is 13.7. The van der Waals surface area contributed by atoms with Gasteiger partial charge in [-0.3, -0.25) is 4.79 Å². The number of fused-ring (bicyclic) bond motifs is 2. The van der Waals surface area contributed by atoms with Gasteiger partial charge < -0.3 is 0 Å². The molecule has 0 atom stereocenters. The smallest absolute Gasteiger partial charge is 0.267 e. The van der Waals surface area contributed by atoms with E-state index in [4.69, 9.17) is 0 Å². The molecular weight excluding hydrogens is 489 g/mol. The van der Waals surface area contributed by atoms with Crippen molar-refractivity contribution in [3.63, 3.8) is 0 Å². The number of aromatic nitrogens is 1. The van der Waals surface area contributed by atoms with Crippen LogP contribution in [-0.4, -0.2) is 17.1 Å². The molecule has 0 bridgehead atoms. The Morgan fingerprint density at radius 1 is 1.03 bits per heavy atom. The summed E-state index contributed by atoms with van der Waals surface area (Å²) in [5.41, 5.74) is 4.60. The summed E-state index contributed by atoms with van der Waals surface area (Å²) in [7, 11) is 0. The molecule has 0 fully saturated rings. The molecule has 1 aromatic heterocycles. The molecule has 4 nitrogen and oxygen atoms in total. The number of aryl methyl sites for hydroxylation is 2. The summed E-state index contributed by atoms with van der Waals surface area (Å²) in [5.74, 6) is -0.593. The van der Waals surface area contributed by atoms with Crippen LogP contribution in [-0.2, 0) is 12.8 Å². The molecule has 0 unspecified atom stereocenters. The van der Waals surface area contributed by atoms with Gasteiger partial charge in [-0.1, -0.05) is 45.5 Å². The van der Waals surface area contributed by atoms with Crippen molar-refractivity contribution in [2.75, 3.05) is 5.01 Å². The maximum absolute atomic E-state index is 13.7. The van der Waals surface area contributed by atoms with E-state index in [1.165, 1.54) is 46.0 Å². The van der Waals surface area contributed by atoms with Crippen molar-refractivity contribution in [2.24, 2.45) is 5.10 Å². The first-order chi connectivity index (χ1) is 15.6. The van der Waals surface area contributed by atoms with E-state index in [2.05, 4.69) is 26.0 Å². The standard InChI is InChI=1S/C25H19BrFN3OS/c26-20-9-5-16(6-10-20)15-28-30(25-29-22-12-11-21(27)14-23(22)32-25)24(31)19-8-7-17-3-1-2-4-18(17)13-19/h5-15H,1-4H2/b28-15+. The van der Waals surface area contributed by atoms with Crippen molar-refractivity contribution >= 4 is 54.7 Å². The van der Waals surface area contributed by atoms with Crippen LogP contribution in [0.25, 0.3) is 10.2 Å². The summed E-state index contributed by atoms with van der Waals surface area (Å²) < 4.78 is 15.3. The van der Waals surface area contributed by atoms with Gasteiger partial charge in [-0.05, 0) is 84.8 Å². The number of hydrazone groups is 1. The number of carbonyl (C=O) groups is 1. The van der Waals surface area contributed by atoms with E-state index in [1.54, 1.807) is 12.3 Å². The Kier molecular flexibility index (Phi) is 5.85. The van der Waals surface area contributed by atoms with Crippen molar-refractivity contribution < 1.29 is 9.18 Å². The van der Waals surface area contributed by atoms with Crippen LogP contribution >= 0.6 is 27.3 Å². The number of benzene rings is 3. The highest BCUT2D eigenvalue weighted by atomic mass is 79.9. The molecule has 0 saturated carbocycles. The van der Waals surface area contributed by atoms with Gasteiger partial charge in [0, 0.05) is 10.0 Å². The lowest BCUT2D eigenvalue weighted by molar-refractivity contribution is 0.0987. The highest BCUT2D eigenvalue weighted by molar-refractivity contribution is 9.10. The van der Waals surface area contributed by atoms with Crippen molar-refractivity contribution in [3.8, 4) is 0 Å². The van der Waals surface area contributed by atoms with Gasteiger partial charge in [-0.25, -0.2) is 9.37 Å². The summed E-state index contributed by atoms with van der Waals surface area (Å²) in [6.07, 6.45) is 6.00. The van der Waals surface area contributed by atoms with Gasteiger partial charge in [-0.15, -0.1) is 0 Å². The van der Waals surface area contributed by atoms with E-state index in [9.17, 15) is 9.18 Å². The second-order valence-corrected chi connectivity index (χ2v) is 9.64. The lowest BCUT2D eigenvalue weighted by Gasteiger charge is -2.18. The first kappa shape index (κ1) is 21.0. The molecule has 7 heteroatoms. The largest absolute Gasteiger partial charge is 0.280 e. The fraction of sp³-hybridized carbons (Fsp3) is 0.160. The molecule has 0 radical (unpaired) electrons. The highest BCUT2D eigenvalue weighted by Gasteiger charge is 2.22. The van der Waals surface area contributed by atoms with Gasteiger partial charge in [0.1, 0.15) is 5.82 Å². The summed E-state index contributed by atoms with van der Waals surface area (Å²) in [6, 6.07) is 17.9. The number of amides is 1. The summed E-state index contributed by atoms with van der Waals surface area (Å²) in [5, 5.41) is 6.22. The zero-order chi connectivity index (χ0) is 22.1. The zero-order valence-electron chi connectivity index (χ0n) is 17.1. The van der Waals surface area contributed by atoms with Crippen molar-refractivity contribution in [3.05, 3.63) is 93.2 Å². The van der Waals surface area contributed by atoms with Crippen LogP contribution in [0.2, 0.25) is 0 Å².